The summed E-state index contributed by atoms with van der Waals surface area (Å²) in [6.07, 6.45) is 0.907. The van der Waals surface area contributed by atoms with Crippen molar-refractivity contribution in [3.8, 4) is 10.8 Å². The minimum Gasteiger partial charge on any atom is -0.420 e. The van der Waals surface area contributed by atoms with E-state index >= 15 is 0 Å². The summed E-state index contributed by atoms with van der Waals surface area (Å²) in [7, 11) is 0. The molecular formula is C16H15N3O2S. The van der Waals surface area contributed by atoms with Crippen molar-refractivity contribution >= 4 is 17.2 Å². The van der Waals surface area contributed by atoms with E-state index in [9.17, 15) is 4.79 Å². The molecule has 3 rings (SSSR count). The van der Waals surface area contributed by atoms with Crippen LogP contribution >= 0.6 is 11.3 Å². The molecule has 0 spiro atoms. The smallest absolute Gasteiger partial charge is 0.257 e. The van der Waals surface area contributed by atoms with E-state index in [1.807, 2.05) is 47.8 Å². The van der Waals surface area contributed by atoms with Crippen molar-refractivity contribution in [2.45, 2.75) is 12.8 Å². The van der Waals surface area contributed by atoms with Gasteiger partial charge in [0.2, 0.25) is 11.8 Å². The number of nitrogens with one attached hydrogen (secondary N) is 1. The number of hydrogen-bond donors (Lipinski definition) is 1. The van der Waals surface area contributed by atoms with E-state index in [2.05, 4.69) is 15.5 Å². The Morgan fingerprint density at radius 2 is 2.00 bits per heavy atom. The summed E-state index contributed by atoms with van der Waals surface area (Å²) in [4.78, 5) is 12.8. The maximum absolute atomic E-state index is 11.8. The summed E-state index contributed by atoms with van der Waals surface area (Å²) in [6, 6.07) is 13.5. The van der Waals surface area contributed by atoms with Gasteiger partial charge in [-0.1, -0.05) is 36.4 Å². The highest BCUT2D eigenvalue weighted by atomic mass is 32.1. The average molecular weight is 313 g/mol. The fourth-order valence-corrected chi connectivity index (χ4v) is 2.65. The molecule has 1 aromatic carbocycles. The quantitative estimate of drug-likeness (QED) is 0.760. The Bertz CT molecular complexity index is 723. The molecule has 3 aromatic rings. The zero-order chi connectivity index (χ0) is 15.2. The van der Waals surface area contributed by atoms with Gasteiger partial charge in [0, 0.05) is 13.0 Å². The number of carbonyl (C=O) groups excluding carboxylic acids is 1. The number of thiophene rings is 1. The predicted molar refractivity (Wildman–Crippen MR) is 84.5 cm³/mol. The Hall–Kier alpha value is -2.47. The normalized spacial score (nSPS) is 10.5. The highest BCUT2D eigenvalue weighted by Gasteiger charge is 2.09. The topological polar surface area (TPSA) is 68.0 Å². The molecule has 0 unspecified atom stereocenters. The summed E-state index contributed by atoms with van der Waals surface area (Å²) < 4.78 is 5.57. The van der Waals surface area contributed by atoms with E-state index in [0.717, 1.165) is 10.4 Å². The van der Waals surface area contributed by atoms with Gasteiger partial charge in [-0.15, -0.1) is 21.5 Å². The minimum atomic E-state index is -0.0100. The van der Waals surface area contributed by atoms with Crippen LogP contribution in [0.3, 0.4) is 0 Å². The second-order valence-electron chi connectivity index (χ2n) is 4.74. The van der Waals surface area contributed by atoms with Gasteiger partial charge in [0.15, 0.2) is 0 Å². The minimum absolute atomic E-state index is 0.0100. The van der Waals surface area contributed by atoms with Crippen LogP contribution in [0.15, 0.2) is 52.3 Å². The number of hydrogen-bond acceptors (Lipinski definition) is 5. The van der Waals surface area contributed by atoms with E-state index < -0.39 is 0 Å². The van der Waals surface area contributed by atoms with Gasteiger partial charge in [0.05, 0.1) is 11.3 Å². The van der Waals surface area contributed by atoms with Crippen LogP contribution in [0.25, 0.3) is 10.8 Å². The number of carbonyl (C=O) groups is 1. The molecule has 0 bridgehead atoms. The SMILES string of the molecule is O=C(Cc1ccccc1)NCCc1nnc(-c2cccs2)o1. The van der Waals surface area contributed by atoms with E-state index in [1.54, 1.807) is 11.3 Å². The van der Waals surface area contributed by atoms with Gasteiger partial charge in [0.1, 0.15) is 0 Å². The number of rotatable bonds is 6. The van der Waals surface area contributed by atoms with Gasteiger partial charge < -0.3 is 9.73 Å². The Morgan fingerprint density at radius 3 is 2.77 bits per heavy atom. The van der Waals surface area contributed by atoms with Gasteiger partial charge in [-0.25, -0.2) is 0 Å². The maximum Gasteiger partial charge on any atom is 0.257 e. The first-order valence-electron chi connectivity index (χ1n) is 6.98. The Balaban J connectivity index is 1.46. The molecule has 1 N–H and O–H groups in total. The second-order valence-corrected chi connectivity index (χ2v) is 5.69. The molecule has 5 nitrogen and oxygen atoms in total. The number of amides is 1. The zero-order valence-corrected chi connectivity index (χ0v) is 12.7. The molecule has 0 radical (unpaired) electrons. The number of aromatic nitrogens is 2. The molecule has 0 aliphatic rings. The summed E-state index contributed by atoms with van der Waals surface area (Å²) in [5.41, 5.74) is 0.998. The lowest BCUT2D eigenvalue weighted by atomic mass is 10.1. The fourth-order valence-electron chi connectivity index (χ4n) is 2.01. The Labute approximate surface area is 132 Å². The first kappa shape index (κ1) is 14.5. The fraction of sp³-hybridized carbons (Fsp3) is 0.188. The summed E-state index contributed by atoms with van der Waals surface area (Å²) in [6.45, 7) is 0.484. The monoisotopic (exact) mass is 313 g/mol. The summed E-state index contributed by atoms with van der Waals surface area (Å²) in [5, 5.41) is 12.8. The molecular weight excluding hydrogens is 298 g/mol. The lowest BCUT2D eigenvalue weighted by Gasteiger charge is -2.03. The lowest BCUT2D eigenvalue weighted by Crippen LogP contribution is -2.27. The van der Waals surface area contributed by atoms with Crippen LogP contribution in [0.5, 0.6) is 0 Å². The third-order valence-electron chi connectivity index (χ3n) is 3.07. The number of benzene rings is 1. The first-order valence-corrected chi connectivity index (χ1v) is 7.86. The van der Waals surface area contributed by atoms with Crippen molar-refractivity contribution in [2.24, 2.45) is 0 Å². The maximum atomic E-state index is 11.8. The van der Waals surface area contributed by atoms with Crippen molar-refractivity contribution in [3.05, 3.63) is 59.3 Å². The molecule has 6 heteroatoms. The summed E-state index contributed by atoms with van der Waals surface area (Å²) >= 11 is 1.55. The molecule has 0 saturated heterocycles. The molecule has 0 atom stereocenters. The van der Waals surface area contributed by atoms with E-state index in [1.165, 1.54) is 0 Å². The van der Waals surface area contributed by atoms with Crippen LogP contribution in [0, 0.1) is 0 Å². The molecule has 112 valence electrons. The van der Waals surface area contributed by atoms with Crippen molar-refractivity contribution < 1.29 is 9.21 Å². The highest BCUT2D eigenvalue weighted by molar-refractivity contribution is 7.13. The highest BCUT2D eigenvalue weighted by Crippen LogP contribution is 2.22. The largest absolute Gasteiger partial charge is 0.420 e. The van der Waals surface area contributed by atoms with Gasteiger partial charge in [0.25, 0.3) is 5.89 Å². The Morgan fingerprint density at radius 1 is 1.14 bits per heavy atom. The van der Waals surface area contributed by atoms with Crippen LogP contribution in [0.4, 0.5) is 0 Å². The molecule has 2 aromatic heterocycles. The third-order valence-corrected chi connectivity index (χ3v) is 3.93. The first-order chi connectivity index (χ1) is 10.8. The Kier molecular flexibility index (Phi) is 4.60. The van der Waals surface area contributed by atoms with Gasteiger partial charge in [-0.05, 0) is 17.0 Å². The number of nitrogens with zero attached hydrogens (tertiary/aromatic N) is 2. The van der Waals surface area contributed by atoms with Gasteiger partial charge in [-0.2, -0.15) is 0 Å². The van der Waals surface area contributed by atoms with Crippen LogP contribution in [0.1, 0.15) is 11.5 Å². The van der Waals surface area contributed by atoms with Crippen molar-refractivity contribution in [1.82, 2.24) is 15.5 Å². The zero-order valence-electron chi connectivity index (χ0n) is 11.9. The molecule has 0 aliphatic heterocycles. The van der Waals surface area contributed by atoms with Crippen molar-refractivity contribution in [3.63, 3.8) is 0 Å². The third kappa shape index (κ3) is 3.79. The van der Waals surface area contributed by atoms with E-state index in [0.29, 0.717) is 31.2 Å². The molecule has 2 heterocycles. The molecule has 0 saturated carbocycles. The summed E-state index contributed by atoms with van der Waals surface area (Å²) in [5.74, 6) is 1.05. The molecule has 0 aliphatic carbocycles. The van der Waals surface area contributed by atoms with Crippen LogP contribution in [0.2, 0.25) is 0 Å². The molecule has 0 fully saturated rings. The molecule has 22 heavy (non-hydrogen) atoms. The van der Waals surface area contributed by atoms with Gasteiger partial charge in [-0.3, -0.25) is 4.79 Å². The van der Waals surface area contributed by atoms with Crippen LogP contribution in [-0.2, 0) is 17.6 Å². The van der Waals surface area contributed by atoms with Crippen molar-refractivity contribution in [2.75, 3.05) is 6.54 Å². The van der Waals surface area contributed by atoms with Gasteiger partial charge >= 0.3 is 0 Å². The standard InChI is InChI=1S/C16H15N3O2S/c20-14(11-12-5-2-1-3-6-12)17-9-8-15-18-19-16(21-15)13-7-4-10-22-13/h1-7,10H,8-9,11H2,(H,17,20). The predicted octanol–water partition coefficient (Wildman–Crippen LogP) is 2.70. The molecule has 1 amide bonds. The van der Waals surface area contributed by atoms with E-state index in [-0.39, 0.29) is 5.91 Å². The second kappa shape index (κ2) is 7.00. The van der Waals surface area contributed by atoms with Crippen LogP contribution in [-0.4, -0.2) is 22.6 Å². The van der Waals surface area contributed by atoms with Crippen LogP contribution < -0.4 is 5.32 Å². The lowest BCUT2D eigenvalue weighted by molar-refractivity contribution is -0.120. The van der Waals surface area contributed by atoms with Crippen molar-refractivity contribution in [1.29, 1.82) is 0 Å². The van der Waals surface area contributed by atoms with E-state index in [4.69, 9.17) is 4.42 Å². The average Bonchev–Trinajstić information content (AvgIpc) is 3.19.